The summed E-state index contributed by atoms with van der Waals surface area (Å²) in [6.45, 7) is 3.26. The first-order chi connectivity index (χ1) is 9.10. The van der Waals surface area contributed by atoms with Gasteiger partial charge in [-0.2, -0.15) is 0 Å². The molecule has 0 radical (unpaired) electrons. The van der Waals surface area contributed by atoms with Crippen LogP contribution in [-0.4, -0.2) is 26.7 Å². The minimum Gasteiger partial charge on any atom is -0.496 e. The highest BCUT2D eigenvalue weighted by atomic mass is 16.5. The van der Waals surface area contributed by atoms with E-state index >= 15 is 0 Å². The lowest BCUT2D eigenvalue weighted by Crippen LogP contribution is -2.33. The van der Waals surface area contributed by atoms with Gasteiger partial charge in [-0.1, -0.05) is 6.07 Å². The van der Waals surface area contributed by atoms with Crippen molar-refractivity contribution in [1.82, 2.24) is 0 Å². The quantitative estimate of drug-likeness (QED) is 0.907. The zero-order valence-corrected chi connectivity index (χ0v) is 12.2. The predicted octanol–water partition coefficient (Wildman–Crippen LogP) is 2.46. The first-order valence-corrected chi connectivity index (χ1v) is 7.27. The molecule has 1 aliphatic carbocycles. The Morgan fingerprint density at radius 3 is 2.68 bits per heavy atom. The van der Waals surface area contributed by atoms with Crippen LogP contribution in [0.4, 0.5) is 5.69 Å². The monoisotopic (exact) mass is 260 g/mol. The van der Waals surface area contributed by atoms with Gasteiger partial charge in [0.1, 0.15) is 5.75 Å². The number of hydrogen-bond donors (Lipinski definition) is 1. The molecule has 1 unspecified atom stereocenters. The summed E-state index contributed by atoms with van der Waals surface area (Å²) in [6, 6.07) is 4.70. The molecule has 0 aromatic heterocycles. The highest BCUT2D eigenvalue weighted by Crippen LogP contribution is 2.55. The highest BCUT2D eigenvalue weighted by Gasteiger charge is 2.49. The molecule has 2 aliphatic rings. The van der Waals surface area contributed by atoms with E-state index in [0.717, 1.165) is 18.7 Å². The summed E-state index contributed by atoms with van der Waals surface area (Å²) in [7, 11) is 3.96. The Hall–Kier alpha value is -1.22. The summed E-state index contributed by atoms with van der Waals surface area (Å²) < 4.78 is 5.79. The molecule has 104 valence electrons. The second kappa shape index (κ2) is 4.41. The Bertz CT molecular complexity index is 492. The number of anilines is 1. The van der Waals surface area contributed by atoms with Crippen molar-refractivity contribution in [2.75, 3.05) is 25.6 Å². The van der Waals surface area contributed by atoms with E-state index < -0.39 is 0 Å². The van der Waals surface area contributed by atoms with E-state index in [9.17, 15) is 0 Å². The first kappa shape index (κ1) is 12.8. The standard InChI is InChI=1S/C16H24N2O/c1-11(17)16(8-9-16)13-6-7-14-12(15(13)19-3)5-4-10-18(14)2/h6-7,11H,4-5,8-10,17H2,1-3H3. The third kappa shape index (κ3) is 1.83. The van der Waals surface area contributed by atoms with Crippen LogP contribution < -0.4 is 15.4 Å². The highest BCUT2D eigenvalue weighted by molar-refractivity contribution is 5.65. The Labute approximate surface area is 115 Å². The molecule has 1 fully saturated rings. The maximum atomic E-state index is 6.23. The zero-order chi connectivity index (χ0) is 13.6. The fraction of sp³-hybridized carbons (Fsp3) is 0.625. The summed E-state index contributed by atoms with van der Waals surface area (Å²) in [6.07, 6.45) is 4.70. The van der Waals surface area contributed by atoms with Gasteiger partial charge >= 0.3 is 0 Å². The van der Waals surface area contributed by atoms with Gasteiger partial charge < -0.3 is 15.4 Å². The van der Waals surface area contributed by atoms with Gasteiger partial charge in [0.15, 0.2) is 0 Å². The number of nitrogens with two attached hydrogens (primary N) is 1. The number of nitrogens with zero attached hydrogens (tertiary/aromatic N) is 1. The predicted molar refractivity (Wildman–Crippen MR) is 79.1 cm³/mol. The summed E-state index contributed by atoms with van der Waals surface area (Å²) in [5, 5.41) is 0. The van der Waals surface area contributed by atoms with Crippen molar-refractivity contribution in [3.05, 3.63) is 23.3 Å². The maximum Gasteiger partial charge on any atom is 0.127 e. The van der Waals surface area contributed by atoms with Gasteiger partial charge in [-0.3, -0.25) is 0 Å². The van der Waals surface area contributed by atoms with Crippen molar-refractivity contribution in [1.29, 1.82) is 0 Å². The van der Waals surface area contributed by atoms with Gasteiger partial charge in [0, 0.05) is 41.9 Å². The van der Waals surface area contributed by atoms with Crippen LogP contribution in [0.3, 0.4) is 0 Å². The summed E-state index contributed by atoms with van der Waals surface area (Å²) in [4.78, 5) is 2.33. The SMILES string of the molecule is COc1c(C2(C(C)N)CC2)ccc2c1CCCN2C. The van der Waals surface area contributed by atoms with Crippen LogP contribution in [0.1, 0.15) is 37.3 Å². The molecule has 0 saturated heterocycles. The zero-order valence-electron chi connectivity index (χ0n) is 12.2. The average molecular weight is 260 g/mol. The Kier molecular flexibility index (Phi) is 2.97. The molecule has 3 heteroatoms. The van der Waals surface area contributed by atoms with Crippen LogP contribution in [0.15, 0.2) is 12.1 Å². The van der Waals surface area contributed by atoms with Gasteiger partial charge in [0.25, 0.3) is 0 Å². The molecule has 0 bridgehead atoms. The molecule has 1 atom stereocenters. The number of methoxy groups -OCH3 is 1. The minimum atomic E-state index is 0.163. The van der Waals surface area contributed by atoms with Crippen LogP contribution in [0.5, 0.6) is 5.75 Å². The molecule has 3 rings (SSSR count). The largest absolute Gasteiger partial charge is 0.496 e. The number of rotatable bonds is 3. The summed E-state index contributed by atoms with van der Waals surface area (Å²) in [5.74, 6) is 1.10. The van der Waals surface area contributed by atoms with Crippen LogP contribution in [0.25, 0.3) is 0 Å². The lowest BCUT2D eigenvalue weighted by molar-refractivity contribution is 0.392. The molecule has 1 heterocycles. The second-order valence-corrected chi connectivity index (χ2v) is 6.11. The molecular weight excluding hydrogens is 236 g/mol. The summed E-state index contributed by atoms with van der Waals surface area (Å²) in [5.41, 5.74) is 10.4. The number of fused-ring (bicyclic) bond motifs is 1. The van der Waals surface area contributed by atoms with Crippen molar-refractivity contribution in [3.63, 3.8) is 0 Å². The topological polar surface area (TPSA) is 38.5 Å². The molecule has 0 spiro atoms. The van der Waals surface area contributed by atoms with E-state index in [2.05, 4.69) is 31.0 Å². The van der Waals surface area contributed by atoms with Crippen molar-refractivity contribution < 1.29 is 4.74 Å². The molecule has 2 N–H and O–H groups in total. The number of hydrogen-bond acceptors (Lipinski definition) is 3. The normalized spacial score (nSPS) is 21.8. The minimum absolute atomic E-state index is 0.163. The number of ether oxygens (including phenoxy) is 1. The third-order valence-corrected chi connectivity index (χ3v) is 4.97. The third-order valence-electron chi connectivity index (χ3n) is 4.97. The maximum absolute atomic E-state index is 6.23. The van der Waals surface area contributed by atoms with Crippen LogP contribution >= 0.6 is 0 Å². The van der Waals surface area contributed by atoms with E-state index in [1.165, 1.54) is 36.1 Å². The Morgan fingerprint density at radius 2 is 2.11 bits per heavy atom. The first-order valence-electron chi connectivity index (χ1n) is 7.27. The van der Waals surface area contributed by atoms with E-state index in [-0.39, 0.29) is 11.5 Å². The molecule has 1 aliphatic heterocycles. The second-order valence-electron chi connectivity index (χ2n) is 6.11. The molecule has 0 amide bonds. The fourth-order valence-corrected chi connectivity index (χ4v) is 3.56. The Balaban J connectivity index is 2.12. The molecule has 1 saturated carbocycles. The van der Waals surface area contributed by atoms with E-state index in [1.54, 1.807) is 7.11 Å². The smallest absolute Gasteiger partial charge is 0.127 e. The van der Waals surface area contributed by atoms with Gasteiger partial charge in [0.05, 0.1) is 7.11 Å². The molecule has 19 heavy (non-hydrogen) atoms. The van der Waals surface area contributed by atoms with E-state index in [4.69, 9.17) is 10.5 Å². The van der Waals surface area contributed by atoms with Crippen LogP contribution in [0.2, 0.25) is 0 Å². The van der Waals surface area contributed by atoms with Crippen molar-refractivity contribution >= 4 is 5.69 Å². The van der Waals surface area contributed by atoms with Crippen molar-refractivity contribution in [2.24, 2.45) is 5.73 Å². The molecule has 3 nitrogen and oxygen atoms in total. The van der Waals surface area contributed by atoms with E-state index in [1.807, 2.05) is 0 Å². The molecule has 1 aromatic carbocycles. The van der Waals surface area contributed by atoms with Crippen molar-refractivity contribution in [3.8, 4) is 5.75 Å². The molecule has 1 aromatic rings. The average Bonchev–Trinajstić information content (AvgIpc) is 3.19. The van der Waals surface area contributed by atoms with E-state index in [0.29, 0.717) is 0 Å². The number of benzene rings is 1. The summed E-state index contributed by atoms with van der Waals surface area (Å²) >= 11 is 0. The Morgan fingerprint density at radius 1 is 1.37 bits per heavy atom. The van der Waals surface area contributed by atoms with Crippen molar-refractivity contribution in [2.45, 2.75) is 44.1 Å². The van der Waals surface area contributed by atoms with Gasteiger partial charge in [-0.05, 0) is 38.7 Å². The van der Waals surface area contributed by atoms with Crippen LogP contribution in [0, 0.1) is 0 Å². The van der Waals surface area contributed by atoms with Gasteiger partial charge in [-0.15, -0.1) is 0 Å². The lowest BCUT2D eigenvalue weighted by atomic mass is 9.85. The molecular formula is C16H24N2O. The fourth-order valence-electron chi connectivity index (χ4n) is 3.56. The van der Waals surface area contributed by atoms with Crippen LogP contribution in [-0.2, 0) is 11.8 Å². The van der Waals surface area contributed by atoms with Gasteiger partial charge in [0.2, 0.25) is 0 Å². The lowest BCUT2D eigenvalue weighted by Gasteiger charge is -2.32. The van der Waals surface area contributed by atoms with Gasteiger partial charge in [-0.25, -0.2) is 0 Å².